The van der Waals surface area contributed by atoms with Gasteiger partial charge in [0, 0.05) is 5.56 Å². The van der Waals surface area contributed by atoms with Gasteiger partial charge in [-0.1, -0.05) is 95.2 Å². The Hall–Kier alpha value is -6.22. The van der Waals surface area contributed by atoms with Crippen LogP contribution in [0.1, 0.15) is 120 Å². The van der Waals surface area contributed by atoms with Gasteiger partial charge in [-0.3, -0.25) is 28.8 Å². The summed E-state index contributed by atoms with van der Waals surface area (Å²) >= 11 is 0. The van der Waals surface area contributed by atoms with Gasteiger partial charge < -0.3 is 34.6 Å². The number of hydroxylamine groups is 2. The van der Waals surface area contributed by atoms with E-state index in [1.54, 1.807) is 64.1 Å². The van der Waals surface area contributed by atoms with E-state index in [1.165, 1.54) is 17.2 Å². The van der Waals surface area contributed by atoms with Gasteiger partial charge in [-0.2, -0.15) is 0 Å². The molecule has 3 aromatic rings. The number of nitrogens with one attached hydrogen (secondary N) is 3. The van der Waals surface area contributed by atoms with Crippen LogP contribution in [0, 0.1) is 5.92 Å². The number of furan rings is 1. The van der Waals surface area contributed by atoms with Crippen molar-refractivity contribution in [2.45, 2.75) is 118 Å². The first kappa shape index (κ1) is 51.1. The highest BCUT2D eigenvalue weighted by molar-refractivity contribution is 6.00. The summed E-state index contributed by atoms with van der Waals surface area (Å²) < 4.78 is 22.6. The molecule has 15 heteroatoms. The first-order chi connectivity index (χ1) is 30.2. The van der Waals surface area contributed by atoms with E-state index in [0.29, 0.717) is 24.8 Å². The summed E-state index contributed by atoms with van der Waals surface area (Å²) in [5.41, 5.74) is 1.24. The maximum atomic E-state index is 13.7. The van der Waals surface area contributed by atoms with Gasteiger partial charge in [0.15, 0.2) is 5.76 Å². The molecule has 1 unspecified atom stereocenters. The number of benzene rings is 2. The molecule has 1 aromatic heterocycles. The van der Waals surface area contributed by atoms with Crippen molar-refractivity contribution in [3.05, 3.63) is 102 Å². The quantitative estimate of drug-likeness (QED) is 0.0171. The third kappa shape index (κ3) is 16.9. The zero-order valence-electron chi connectivity index (χ0n) is 37.7. The fourth-order valence-corrected chi connectivity index (χ4v) is 6.52. The molecule has 3 N–H and O–H groups in total. The van der Waals surface area contributed by atoms with Crippen LogP contribution in [0.3, 0.4) is 0 Å². The molecule has 0 spiro atoms. The Kier molecular flexibility index (Phi) is 21.3. The van der Waals surface area contributed by atoms with Crippen molar-refractivity contribution in [3.63, 3.8) is 0 Å². The molecule has 0 aliphatic heterocycles. The molecule has 1 heterocycles. The minimum atomic E-state index is -1.37. The Morgan fingerprint density at radius 1 is 0.921 bits per heavy atom. The molecule has 0 radical (unpaired) electrons. The third-order valence-electron chi connectivity index (χ3n) is 9.64. The highest BCUT2D eigenvalue weighted by Gasteiger charge is 2.33. The van der Waals surface area contributed by atoms with Gasteiger partial charge in [-0.05, 0) is 82.4 Å². The fourth-order valence-electron chi connectivity index (χ4n) is 6.52. The van der Waals surface area contributed by atoms with E-state index in [4.69, 9.17) is 23.5 Å². The van der Waals surface area contributed by atoms with E-state index in [2.05, 4.69) is 29.5 Å². The lowest BCUT2D eigenvalue weighted by atomic mass is 9.90. The lowest BCUT2D eigenvalue weighted by molar-refractivity contribution is -0.190. The number of amides is 4. The monoisotopic (exact) mass is 872 g/mol. The predicted octanol–water partition coefficient (Wildman–Crippen LogP) is 7.61. The molecule has 342 valence electrons. The Morgan fingerprint density at radius 3 is 2.30 bits per heavy atom. The molecule has 0 bridgehead atoms. The molecule has 0 aliphatic carbocycles. The molecule has 0 fully saturated rings. The van der Waals surface area contributed by atoms with Crippen molar-refractivity contribution in [2.75, 3.05) is 19.9 Å². The Balaban J connectivity index is 1.71. The second-order valence-electron chi connectivity index (χ2n) is 15.6. The number of esters is 2. The van der Waals surface area contributed by atoms with Crippen LogP contribution in [0.2, 0.25) is 0 Å². The van der Waals surface area contributed by atoms with Gasteiger partial charge in [0.2, 0.25) is 12.3 Å². The maximum absolute atomic E-state index is 13.7. The molecular formula is C48H64N4O11. The highest BCUT2D eigenvalue weighted by Crippen LogP contribution is 2.30. The zero-order valence-corrected chi connectivity index (χ0v) is 37.7. The van der Waals surface area contributed by atoms with E-state index in [9.17, 15) is 28.8 Å². The number of hydrogen-bond acceptors (Lipinski definition) is 11. The van der Waals surface area contributed by atoms with Crippen LogP contribution in [0.25, 0.3) is 11.3 Å². The summed E-state index contributed by atoms with van der Waals surface area (Å²) in [7, 11) is 0. The third-order valence-corrected chi connectivity index (χ3v) is 9.64. The van der Waals surface area contributed by atoms with E-state index in [-0.39, 0.29) is 55.2 Å². The van der Waals surface area contributed by atoms with Crippen molar-refractivity contribution in [1.82, 2.24) is 21.0 Å². The van der Waals surface area contributed by atoms with Crippen LogP contribution in [0.4, 0.5) is 0 Å². The smallest absolute Gasteiger partial charge is 0.329 e. The summed E-state index contributed by atoms with van der Waals surface area (Å²) in [4.78, 5) is 84.5. The van der Waals surface area contributed by atoms with Crippen LogP contribution >= 0.6 is 0 Å². The van der Waals surface area contributed by atoms with Crippen molar-refractivity contribution >= 4 is 36.1 Å². The van der Waals surface area contributed by atoms with E-state index in [1.807, 2.05) is 38.1 Å². The van der Waals surface area contributed by atoms with Crippen LogP contribution in [-0.2, 0) is 40.1 Å². The summed E-state index contributed by atoms with van der Waals surface area (Å²) in [5, 5.41) is 9.26. The molecule has 63 heavy (non-hydrogen) atoms. The predicted molar refractivity (Wildman–Crippen MR) is 238 cm³/mol. The summed E-state index contributed by atoms with van der Waals surface area (Å²) in [5.74, 6) is -3.35. The SMILES string of the molecule is C=C/C(=C\CC)CON(C=O)C(CC)[C@@H](CCCCC)C(=O)NCNC(=O)c1ccc(-c2ccc(C(=O)N[C@@H](CC(=O)OCc3ccccc3)C(=O)OC(C)(C)C)c(OCC)c2)o1. The number of carbonyl (C=O) groups is 6. The zero-order chi connectivity index (χ0) is 46.4. The van der Waals surface area contributed by atoms with E-state index >= 15 is 0 Å². The van der Waals surface area contributed by atoms with Crippen molar-refractivity contribution in [1.29, 1.82) is 0 Å². The van der Waals surface area contributed by atoms with Gasteiger partial charge in [-0.15, -0.1) is 0 Å². The van der Waals surface area contributed by atoms with Crippen molar-refractivity contribution in [2.24, 2.45) is 5.92 Å². The number of allylic oxidation sites excluding steroid dienone is 1. The molecular weight excluding hydrogens is 809 g/mol. The lowest BCUT2D eigenvalue weighted by Gasteiger charge is -2.32. The van der Waals surface area contributed by atoms with E-state index in [0.717, 1.165) is 36.8 Å². The van der Waals surface area contributed by atoms with E-state index < -0.39 is 53.8 Å². The Labute approximate surface area is 370 Å². The minimum Gasteiger partial charge on any atom is -0.493 e. The average molecular weight is 873 g/mol. The first-order valence-corrected chi connectivity index (χ1v) is 21.5. The van der Waals surface area contributed by atoms with Crippen molar-refractivity contribution in [3.8, 4) is 17.1 Å². The summed E-state index contributed by atoms with van der Waals surface area (Å²) in [6, 6.07) is 14.8. The summed E-state index contributed by atoms with van der Waals surface area (Å²) in [6.07, 6.45) is 8.10. The summed E-state index contributed by atoms with van der Waals surface area (Å²) in [6.45, 7) is 16.6. The van der Waals surface area contributed by atoms with Gasteiger partial charge in [-0.25, -0.2) is 9.86 Å². The van der Waals surface area contributed by atoms with Crippen LogP contribution in [0.15, 0.2) is 89.4 Å². The molecule has 2 aromatic carbocycles. The number of ether oxygens (including phenoxy) is 3. The topological polar surface area (TPSA) is 192 Å². The largest absolute Gasteiger partial charge is 0.493 e. The number of unbranched alkanes of at least 4 members (excludes halogenated alkanes) is 2. The molecule has 0 saturated heterocycles. The van der Waals surface area contributed by atoms with Crippen molar-refractivity contribution < 1.29 is 52.2 Å². The average Bonchev–Trinajstić information content (AvgIpc) is 3.76. The molecule has 4 amide bonds. The minimum absolute atomic E-state index is 0.00946. The molecule has 15 nitrogen and oxygen atoms in total. The van der Waals surface area contributed by atoms with Gasteiger partial charge >= 0.3 is 11.9 Å². The maximum Gasteiger partial charge on any atom is 0.329 e. The second-order valence-corrected chi connectivity index (χ2v) is 15.6. The Morgan fingerprint density at radius 2 is 1.67 bits per heavy atom. The van der Waals surface area contributed by atoms with Crippen LogP contribution in [0.5, 0.6) is 5.75 Å². The molecule has 0 saturated carbocycles. The lowest BCUT2D eigenvalue weighted by Crippen LogP contribution is -2.48. The second kappa shape index (κ2) is 26.3. The fraction of sp³-hybridized carbons (Fsp3) is 0.458. The van der Waals surface area contributed by atoms with Crippen LogP contribution in [-0.4, -0.2) is 78.7 Å². The number of nitrogens with zero attached hydrogens (tertiary/aromatic N) is 1. The molecule has 0 aliphatic rings. The number of carbonyl (C=O) groups excluding carboxylic acids is 6. The molecule has 3 atom stereocenters. The number of hydrogen-bond donors (Lipinski definition) is 3. The van der Waals surface area contributed by atoms with Gasteiger partial charge in [0.1, 0.15) is 29.8 Å². The number of rotatable bonds is 27. The normalized spacial score (nSPS) is 12.8. The standard InChI is InChI=1S/C48H64N4O11/c1-9-14-16-22-36(39(12-4)52(32-53)61-30-33(11-3)19-10-2)44(55)49-31-50-46(57)41-26-25-40(62-41)35-23-24-37(42(27-35)59-13-5)45(56)51-38(47(58)63-48(6,7)8)28-43(54)60-29-34-20-17-15-18-21-34/h11,15,17-21,23-27,32,36,38-39H,3,9-10,12-14,16,22,28-31H2,1-2,4-8H3,(H,49,55)(H,50,57)(H,51,56)/b33-19+/t36-,38+,39?/m1/s1. The van der Waals surface area contributed by atoms with Gasteiger partial charge in [0.05, 0.1) is 43.8 Å². The highest BCUT2D eigenvalue weighted by atomic mass is 16.7. The van der Waals surface area contributed by atoms with Gasteiger partial charge in [0.25, 0.3) is 11.8 Å². The molecule has 3 rings (SSSR count). The van der Waals surface area contributed by atoms with Crippen LogP contribution < -0.4 is 20.7 Å². The Bertz CT molecular complexity index is 2000. The first-order valence-electron chi connectivity index (χ1n) is 21.5.